The van der Waals surface area contributed by atoms with Crippen LogP contribution in [0.15, 0.2) is 0 Å². The van der Waals surface area contributed by atoms with E-state index in [4.69, 9.17) is 28.5 Å². The molecule has 0 bridgehead atoms. The van der Waals surface area contributed by atoms with Crippen molar-refractivity contribution in [3.63, 3.8) is 0 Å². The van der Waals surface area contributed by atoms with Crippen molar-refractivity contribution in [2.24, 2.45) is 0 Å². The predicted octanol–water partition coefficient (Wildman–Crippen LogP) is 0.414. The fourth-order valence-corrected chi connectivity index (χ4v) is 6.08. The molecule has 0 amide bonds. The van der Waals surface area contributed by atoms with Crippen LogP contribution in [0.2, 0.25) is 0 Å². The Bertz CT molecular complexity index is 1140. The minimum atomic E-state index is -4.96. The highest BCUT2D eigenvalue weighted by molar-refractivity contribution is 7.52. The summed E-state index contributed by atoms with van der Waals surface area (Å²) in [5.74, 6) is 0. The van der Waals surface area contributed by atoms with Gasteiger partial charge in [-0.1, -0.05) is 0 Å². The van der Waals surface area contributed by atoms with Gasteiger partial charge in [-0.15, -0.1) is 0 Å². The summed E-state index contributed by atoms with van der Waals surface area (Å²) in [7, 11) is -26.5. The van der Waals surface area contributed by atoms with E-state index in [1.54, 1.807) is 7.05 Å². The molecule has 0 spiro atoms. The summed E-state index contributed by atoms with van der Waals surface area (Å²) in [6.07, 6.45) is -1.64. The van der Waals surface area contributed by atoms with E-state index in [1.165, 1.54) is 0 Å². The van der Waals surface area contributed by atoms with E-state index in [0.717, 1.165) is 6.66 Å². The topological polar surface area (TPSA) is 358 Å². The van der Waals surface area contributed by atoms with Gasteiger partial charge >= 0.3 is 46.7 Å². The molecule has 6 unspecified atom stereocenters. The Kier molecular flexibility index (Phi) is 22.7. The Morgan fingerprint density at radius 1 is 0.522 bits per heavy atom. The molecule has 0 fully saturated rings. The van der Waals surface area contributed by atoms with Gasteiger partial charge in [-0.05, 0) is 13.5 Å². The summed E-state index contributed by atoms with van der Waals surface area (Å²) in [6, 6.07) is 0. The lowest BCUT2D eigenvalue weighted by Crippen LogP contribution is -2.23. The van der Waals surface area contributed by atoms with Gasteiger partial charge in [-0.3, -0.25) is 50.6 Å². The Balaban J connectivity index is 4.74. The van der Waals surface area contributed by atoms with E-state index >= 15 is 0 Å². The summed E-state index contributed by atoms with van der Waals surface area (Å²) >= 11 is 0. The van der Waals surface area contributed by atoms with Crippen molar-refractivity contribution in [1.29, 1.82) is 0 Å². The van der Waals surface area contributed by atoms with Gasteiger partial charge in [-0.2, -0.15) is 0 Å². The number of phosphoric acid groups is 5. The fraction of sp³-hybridized carbons (Fsp3) is 1.00. The first-order valence-corrected chi connectivity index (χ1v) is 21.9. The molecule has 0 rings (SSSR count). The number of rotatable bonds is 30. The summed E-state index contributed by atoms with van der Waals surface area (Å²) < 4.78 is 120. The van der Waals surface area contributed by atoms with Crippen molar-refractivity contribution >= 4 is 46.7 Å². The Hall–Kier alpha value is 0.620. The molecule has 0 aromatic rings. The number of hydrogen-bond donors (Lipinski definition) is 8. The number of nitrogens with one attached hydrogen (secondary N) is 1. The van der Waals surface area contributed by atoms with Crippen molar-refractivity contribution < 1.29 is 112 Å². The van der Waals surface area contributed by atoms with Crippen molar-refractivity contribution in [3.8, 4) is 0 Å². The zero-order chi connectivity index (χ0) is 35.5. The lowest BCUT2D eigenvalue weighted by atomic mass is 10.3. The third-order valence-electron chi connectivity index (χ3n) is 3.99. The maximum Gasteiger partial charge on any atom is 0.472 e. The van der Waals surface area contributed by atoms with E-state index in [2.05, 4.69) is 41.5 Å². The molecule has 6 atom stereocenters. The molecule has 0 aliphatic heterocycles. The van der Waals surface area contributed by atoms with Crippen LogP contribution in [0.4, 0.5) is 0 Å². The lowest BCUT2D eigenvalue weighted by Gasteiger charge is -2.22. The van der Waals surface area contributed by atoms with Gasteiger partial charge in [0, 0.05) is 6.66 Å². The highest BCUT2D eigenvalue weighted by atomic mass is 31.2. The minimum absolute atomic E-state index is 0.0576. The van der Waals surface area contributed by atoms with Gasteiger partial charge in [0.1, 0.15) is 0 Å². The van der Waals surface area contributed by atoms with Gasteiger partial charge in [-0.25, -0.2) is 22.8 Å². The summed E-state index contributed by atoms with van der Waals surface area (Å²) in [5.41, 5.74) is 0. The van der Waals surface area contributed by atoms with E-state index in [9.17, 15) is 47.0 Å². The number of hydrogen-bond acceptors (Lipinski definition) is 18. The van der Waals surface area contributed by atoms with Gasteiger partial charge in [0.2, 0.25) is 0 Å². The van der Waals surface area contributed by atoms with Crippen LogP contribution in [0.1, 0.15) is 6.42 Å². The normalized spacial score (nSPS) is 19.8. The summed E-state index contributed by atoms with van der Waals surface area (Å²) in [6.45, 7) is -5.84. The van der Waals surface area contributed by atoms with Gasteiger partial charge in [0.05, 0.1) is 78.9 Å². The van der Waals surface area contributed by atoms with E-state index in [0.29, 0.717) is 0 Å². The van der Waals surface area contributed by atoms with E-state index < -0.39 is 112 Å². The first-order chi connectivity index (χ1) is 21.0. The zero-order valence-electron chi connectivity index (χ0n) is 24.3. The molecule has 31 heteroatoms. The Labute approximate surface area is 262 Å². The van der Waals surface area contributed by atoms with Crippen molar-refractivity contribution in [2.45, 2.75) is 12.5 Å². The molecule has 0 radical (unpaired) electrons. The quantitative estimate of drug-likeness (QED) is 0.0277. The van der Waals surface area contributed by atoms with Gasteiger partial charge in [0.15, 0.2) is 0 Å². The molecule has 46 heavy (non-hydrogen) atoms. The SMILES string of the molecule is CNCOCCC(COP(=O)(O)OCCOP(=O)(O)OCCOP(=O)(O)O)OP(=O)(O)OCCOP(=O)(O)OCCOP(C)(=O)O. The van der Waals surface area contributed by atoms with E-state index in [-0.39, 0.29) is 19.8 Å². The fourth-order valence-electron chi connectivity index (χ4n) is 2.34. The molecule has 0 heterocycles. The molecule has 0 aliphatic rings. The predicted molar refractivity (Wildman–Crippen MR) is 150 cm³/mol. The second-order valence-corrected chi connectivity index (χ2v) is 16.9. The van der Waals surface area contributed by atoms with Crippen LogP contribution < -0.4 is 5.32 Å². The molecular weight excluding hydrogens is 764 g/mol. The Morgan fingerprint density at radius 3 is 1.28 bits per heavy atom. The highest BCUT2D eigenvalue weighted by Gasteiger charge is 2.31. The van der Waals surface area contributed by atoms with Crippen LogP contribution in [0.3, 0.4) is 0 Å². The molecule has 0 aromatic carbocycles. The van der Waals surface area contributed by atoms with Crippen LogP contribution >= 0.6 is 46.7 Å². The molecule has 8 N–H and O–H groups in total. The third kappa shape index (κ3) is 29.5. The van der Waals surface area contributed by atoms with Crippen LogP contribution in [0.25, 0.3) is 0 Å². The van der Waals surface area contributed by atoms with Gasteiger partial charge < -0.3 is 43.5 Å². The van der Waals surface area contributed by atoms with E-state index in [1.807, 2.05) is 0 Å². The molecule has 0 aliphatic carbocycles. The first-order valence-electron chi connectivity index (χ1n) is 12.3. The van der Waals surface area contributed by atoms with Crippen molar-refractivity contribution in [2.75, 3.05) is 86.5 Å². The summed E-state index contributed by atoms with van der Waals surface area (Å²) in [4.78, 5) is 64.8. The van der Waals surface area contributed by atoms with Crippen molar-refractivity contribution in [3.05, 3.63) is 0 Å². The van der Waals surface area contributed by atoms with Crippen LogP contribution in [-0.2, 0) is 77.4 Å². The Morgan fingerprint density at radius 2 is 0.891 bits per heavy atom. The lowest BCUT2D eigenvalue weighted by molar-refractivity contribution is 0.0225. The molecular formula is C15H39NO24P6. The molecule has 0 saturated carbocycles. The summed E-state index contributed by atoms with van der Waals surface area (Å²) in [5, 5.41) is 2.65. The standard InChI is InChI=1S/C15H39NO24P6/c1-16-14-30-4-3-15(40-46(28,29)38-12-11-36-43(22,23)33-7-5-31-41(2,17)18)13-39-45(26,27)37-10-9-35-44(24,25)34-8-6-32-42(19,20)21/h15-16H,3-14H2,1-2H3,(H,17,18)(H,22,23)(H,24,25)(H,26,27)(H,28,29)(H2,19,20,21). The maximum absolute atomic E-state index is 12.3. The van der Waals surface area contributed by atoms with Crippen LogP contribution in [0, 0.1) is 0 Å². The average Bonchev–Trinajstić information content (AvgIpc) is 2.90. The largest absolute Gasteiger partial charge is 0.472 e. The average molecular weight is 803 g/mol. The second kappa shape index (κ2) is 22.4. The molecule has 25 nitrogen and oxygen atoms in total. The van der Waals surface area contributed by atoms with Crippen LogP contribution in [0.5, 0.6) is 0 Å². The van der Waals surface area contributed by atoms with Crippen molar-refractivity contribution in [1.82, 2.24) is 5.32 Å². The van der Waals surface area contributed by atoms with Crippen LogP contribution in [-0.4, -0.2) is 127 Å². The first kappa shape index (κ1) is 46.6. The minimum Gasteiger partial charge on any atom is -0.366 e. The molecule has 278 valence electrons. The second-order valence-electron chi connectivity index (χ2n) is 8.05. The number of phosphoric ester groups is 5. The maximum atomic E-state index is 12.3. The molecule has 0 aromatic heterocycles. The smallest absolute Gasteiger partial charge is 0.366 e. The zero-order valence-corrected chi connectivity index (χ0v) is 29.7. The molecule has 0 saturated heterocycles. The highest BCUT2D eigenvalue weighted by Crippen LogP contribution is 2.49. The van der Waals surface area contributed by atoms with Gasteiger partial charge in [0.25, 0.3) is 0 Å². The number of ether oxygens (including phenoxy) is 1. The monoisotopic (exact) mass is 803 g/mol. The third-order valence-corrected chi connectivity index (χ3v) is 9.26.